The molecular formula is C14H27NO2. The molecule has 1 aliphatic heterocycles. The molecule has 0 N–H and O–H groups in total. The van der Waals surface area contributed by atoms with Crippen LogP contribution in [0.2, 0.25) is 0 Å². The Morgan fingerprint density at radius 2 is 1.65 bits per heavy atom. The molecule has 1 saturated heterocycles. The molecule has 17 heavy (non-hydrogen) atoms. The van der Waals surface area contributed by atoms with Gasteiger partial charge in [-0.2, -0.15) is 0 Å². The van der Waals surface area contributed by atoms with Gasteiger partial charge in [0.25, 0.3) is 0 Å². The van der Waals surface area contributed by atoms with Crippen molar-refractivity contribution < 1.29 is 9.53 Å². The van der Waals surface area contributed by atoms with Crippen LogP contribution in [0.5, 0.6) is 0 Å². The molecule has 0 unspecified atom stereocenters. The molecule has 1 heterocycles. The zero-order chi connectivity index (χ0) is 13.1. The largest absolute Gasteiger partial charge is 0.444 e. The fraction of sp³-hybridized carbons (Fsp3) is 0.929. The Labute approximate surface area is 106 Å². The standard InChI is InChI=1S/C14H27NO2/c1-6-14(7-2)8-10-15(11-9-14)12(16)17-13(3,4)5/h6-11H2,1-5H3. The second kappa shape index (κ2) is 5.28. The van der Waals surface area contributed by atoms with E-state index in [2.05, 4.69) is 13.8 Å². The number of nitrogens with zero attached hydrogens (tertiary/aromatic N) is 1. The second-order valence-electron chi connectivity index (χ2n) is 6.17. The van der Waals surface area contributed by atoms with Gasteiger partial charge in [-0.1, -0.05) is 26.7 Å². The summed E-state index contributed by atoms with van der Waals surface area (Å²) >= 11 is 0. The van der Waals surface area contributed by atoms with E-state index in [4.69, 9.17) is 4.74 Å². The van der Waals surface area contributed by atoms with Crippen LogP contribution in [-0.2, 0) is 4.74 Å². The van der Waals surface area contributed by atoms with E-state index in [1.54, 1.807) is 0 Å². The predicted molar refractivity (Wildman–Crippen MR) is 70.1 cm³/mol. The smallest absolute Gasteiger partial charge is 0.410 e. The van der Waals surface area contributed by atoms with Crippen LogP contribution in [0.3, 0.4) is 0 Å². The first-order valence-corrected chi connectivity index (χ1v) is 6.80. The maximum absolute atomic E-state index is 11.9. The molecule has 1 fully saturated rings. The summed E-state index contributed by atoms with van der Waals surface area (Å²) in [7, 11) is 0. The first kappa shape index (κ1) is 14.3. The average molecular weight is 241 g/mol. The van der Waals surface area contributed by atoms with Gasteiger partial charge in [0.05, 0.1) is 0 Å². The topological polar surface area (TPSA) is 29.5 Å². The molecule has 1 rings (SSSR count). The van der Waals surface area contributed by atoms with Gasteiger partial charge in [0.2, 0.25) is 0 Å². The molecule has 0 bridgehead atoms. The highest BCUT2D eigenvalue weighted by molar-refractivity contribution is 5.68. The zero-order valence-electron chi connectivity index (χ0n) is 12.0. The summed E-state index contributed by atoms with van der Waals surface area (Å²) in [5, 5.41) is 0. The summed E-state index contributed by atoms with van der Waals surface area (Å²) < 4.78 is 5.40. The van der Waals surface area contributed by atoms with Crippen LogP contribution in [0.4, 0.5) is 4.79 Å². The third-order valence-electron chi connectivity index (χ3n) is 3.98. The molecule has 0 radical (unpaired) electrons. The van der Waals surface area contributed by atoms with Gasteiger partial charge in [-0.15, -0.1) is 0 Å². The third kappa shape index (κ3) is 3.90. The van der Waals surface area contributed by atoms with Crippen LogP contribution in [0.1, 0.15) is 60.3 Å². The van der Waals surface area contributed by atoms with Crippen LogP contribution in [-0.4, -0.2) is 29.7 Å². The van der Waals surface area contributed by atoms with Crippen molar-refractivity contribution in [3.05, 3.63) is 0 Å². The van der Waals surface area contributed by atoms with Crippen molar-refractivity contribution in [2.24, 2.45) is 5.41 Å². The van der Waals surface area contributed by atoms with E-state index in [0.717, 1.165) is 25.9 Å². The zero-order valence-corrected chi connectivity index (χ0v) is 12.0. The lowest BCUT2D eigenvalue weighted by molar-refractivity contribution is 0.00890. The van der Waals surface area contributed by atoms with Gasteiger partial charge in [0, 0.05) is 13.1 Å². The molecule has 0 spiro atoms. The summed E-state index contributed by atoms with van der Waals surface area (Å²) in [4.78, 5) is 13.8. The fourth-order valence-corrected chi connectivity index (χ4v) is 2.45. The minimum absolute atomic E-state index is 0.154. The Kier molecular flexibility index (Phi) is 4.45. The molecule has 3 heteroatoms. The normalized spacial score (nSPS) is 20.2. The molecule has 0 aromatic rings. The van der Waals surface area contributed by atoms with E-state index in [1.807, 2.05) is 25.7 Å². The van der Waals surface area contributed by atoms with Gasteiger partial charge in [0.15, 0.2) is 0 Å². The van der Waals surface area contributed by atoms with E-state index in [0.29, 0.717) is 5.41 Å². The molecule has 1 aliphatic rings. The van der Waals surface area contributed by atoms with E-state index in [1.165, 1.54) is 12.8 Å². The van der Waals surface area contributed by atoms with Crippen molar-refractivity contribution in [1.29, 1.82) is 0 Å². The van der Waals surface area contributed by atoms with Crippen LogP contribution in [0.15, 0.2) is 0 Å². The maximum atomic E-state index is 11.9. The molecule has 1 amide bonds. The number of rotatable bonds is 2. The second-order valence-corrected chi connectivity index (χ2v) is 6.17. The maximum Gasteiger partial charge on any atom is 0.410 e. The summed E-state index contributed by atoms with van der Waals surface area (Å²) in [6.07, 6.45) is 4.49. The molecule has 100 valence electrons. The number of carbonyl (C=O) groups is 1. The summed E-state index contributed by atoms with van der Waals surface area (Å²) in [6.45, 7) is 11.9. The molecule has 0 atom stereocenters. The summed E-state index contributed by atoms with van der Waals surface area (Å²) in [5.41, 5.74) is 0.0691. The summed E-state index contributed by atoms with van der Waals surface area (Å²) in [6, 6.07) is 0. The van der Waals surface area contributed by atoms with Crippen molar-refractivity contribution in [3.8, 4) is 0 Å². The Hall–Kier alpha value is -0.730. The first-order chi connectivity index (χ1) is 7.82. The molecule has 0 aliphatic carbocycles. The number of amides is 1. The quantitative estimate of drug-likeness (QED) is 0.735. The van der Waals surface area contributed by atoms with Crippen LogP contribution in [0, 0.1) is 5.41 Å². The first-order valence-electron chi connectivity index (χ1n) is 6.80. The number of piperidine rings is 1. The van der Waals surface area contributed by atoms with Gasteiger partial charge in [-0.05, 0) is 39.0 Å². The Morgan fingerprint density at radius 3 is 2.00 bits per heavy atom. The van der Waals surface area contributed by atoms with Gasteiger partial charge < -0.3 is 9.64 Å². The highest BCUT2D eigenvalue weighted by Crippen LogP contribution is 2.38. The molecule has 0 saturated carbocycles. The van der Waals surface area contributed by atoms with E-state index < -0.39 is 0 Å². The Morgan fingerprint density at radius 1 is 1.18 bits per heavy atom. The minimum Gasteiger partial charge on any atom is -0.444 e. The molecule has 0 aromatic heterocycles. The summed E-state index contributed by atoms with van der Waals surface area (Å²) in [5.74, 6) is 0. The van der Waals surface area contributed by atoms with Crippen LogP contribution >= 0.6 is 0 Å². The van der Waals surface area contributed by atoms with E-state index >= 15 is 0 Å². The number of likely N-dealkylation sites (tertiary alicyclic amines) is 1. The lowest BCUT2D eigenvalue weighted by Gasteiger charge is -2.41. The predicted octanol–water partition coefficient (Wildman–Crippen LogP) is 3.82. The van der Waals surface area contributed by atoms with Crippen molar-refractivity contribution in [2.75, 3.05) is 13.1 Å². The lowest BCUT2D eigenvalue weighted by atomic mass is 9.74. The van der Waals surface area contributed by atoms with Crippen molar-refractivity contribution >= 4 is 6.09 Å². The SMILES string of the molecule is CCC1(CC)CCN(C(=O)OC(C)(C)C)CC1. The third-order valence-corrected chi connectivity index (χ3v) is 3.98. The van der Waals surface area contributed by atoms with Crippen molar-refractivity contribution in [1.82, 2.24) is 4.90 Å². The fourth-order valence-electron chi connectivity index (χ4n) is 2.45. The average Bonchev–Trinajstić information content (AvgIpc) is 2.27. The van der Waals surface area contributed by atoms with Gasteiger partial charge in [-0.25, -0.2) is 4.79 Å². The minimum atomic E-state index is -0.388. The van der Waals surface area contributed by atoms with Gasteiger partial charge >= 0.3 is 6.09 Å². The lowest BCUT2D eigenvalue weighted by Crippen LogP contribution is -2.44. The Balaban J connectivity index is 2.49. The van der Waals surface area contributed by atoms with E-state index in [-0.39, 0.29) is 11.7 Å². The highest BCUT2D eigenvalue weighted by Gasteiger charge is 2.34. The molecule has 3 nitrogen and oxygen atoms in total. The van der Waals surface area contributed by atoms with Gasteiger partial charge in [-0.3, -0.25) is 0 Å². The molecule has 0 aromatic carbocycles. The Bertz CT molecular complexity index is 254. The number of hydrogen-bond acceptors (Lipinski definition) is 2. The number of carbonyl (C=O) groups excluding carboxylic acids is 1. The van der Waals surface area contributed by atoms with Crippen LogP contribution < -0.4 is 0 Å². The highest BCUT2D eigenvalue weighted by atomic mass is 16.6. The van der Waals surface area contributed by atoms with Gasteiger partial charge in [0.1, 0.15) is 5.60 Å². The van der Waals surface area contributed by atoms with Crippen molar-refractivity contribution in [3.63, 3.8) is 0 Å². The van der Waals surface area contributed by atoms with Crippen LogP contribution in [0.25, 0.3) is 0 Å². The number of ether oxygens (including phenoxy) is 1. The number of hydrogen-bond donors (Lipinski definition) is 0. The monoisotopic (exact) mass is 241 g/mol. The molecular weight excluding hydrogens is 214 g/mol. The van der Waals surface area contributed by atoms with E-state index in [9.17, 15) is 4.79 Å². The van der Waals surface area contributed by atoms with Crippen molar-refractivity contribution in [2.45, 2.75) is 65.9 Å².